The Balaban J connectivity index is 0.000000169. The normalized spacial score (nSPS) is 14.8. The van der Waals surface area contributed by atoms with Gasteiger partial charge in [0, 0.05) is 109 Å². The third kappa shape index (κ3) is 22.3. The zero-order valence-corrected chi connectivity index (χ0v) is 72.9. The first-order valence-corrected chi connectivity index (χ1v) is 46.0. The molecule has 0 fully saturated rings. The first kappa shape index (κ1) is 91.5. The van der Waals surface area contributed by atoms with Crippen molar-refractivity contribution in [2.75, 3.05) is 44.9 Å². The van der Waals surface area contributed by atoms with Gasteiger partial charge in [0.2, 0.25) is 20.0 Å². The van der Waals surface area contributed by atoms with Crippen LogP contribution in [-0.2, 0) is 89.6 Å². The fraction of sp³-hybridized carbons (Fsp3) is 0.271. The number of aromatic nitrogens is 1. The van der Waals surface area contributed by atoms with Gasteiger partial charge in [-0.15, -0.1) is 0 Å². The molecule has 1 unspecified atom stereocenters. The van der Waals surface area contributed by atoms with Gasteiger partial charge in [-0.25, -0.2) is 49.1 Å². The molecule has 29 nitrogen and oxygen atoms in total. The summed E-state index contributed by atoms with van der Waals surface area (Å²) in [4.78, 5) is 124. The molecule has 0 bridgehead atoms. The van der Waals surface area contributed by atoms with Gasteiger partial charge in [-0.1, -0.05) is 142 Å². The standard InChI is InChI=1S/C31H29Cl2N3O7S.C29H25Cl2N3O6S.C25H25Cl2N3O7S/c1-17(35-44(2,41)42)20-5-3-4-18(12-20)13-25(31(39)40)34-29(37)27-24(32)14-22-16-36(10-8-23(22)28(27)33)30(38)21-7-6-19-9-11-43-26(19)15-21;1-41(39,40)20-7-6-16(10-20)11-24(29(37)38)33-27(35)25-22(30)12-19-15-34(9-8-21(19)26(25)31)28(36)23-13-17-4-2-3-5-18(17)14-32-23;1-38(35,36)28-8-2-3-19(25(33)34)29-23(31)21-18(26)11-16-13-30(9-6-17(16)22(21)27)24(32)15-5-4-14-7-10-37-20(14)12-15/h3-7,9,11-12,14-15,17,25,35H,8,10,13,16H2,1-2H3,(H,34,37)(H,39,40);2-7,12-14,24H,8-11,15H2,1H3,(H,33,35)(H,37,38);4-5,7,10-12,19,28H,2-3,6,8-9,13H2,1H3,(H,29,31)(H,33,34)/t17?,25-;24-;19-/m000/s1. The molecule has 123 heavy (non-hydrogen) atoms. The highest BCUT2D eigenvalue weighted by molar-refractivity contribution is 7.94. The highest BCUT2D eigenvalue weighted by Crippen LogP contribution is 2.40. The number of sulfonamides is 2. The van der Waals surface area contributed by atoms with Crippen molar-refractivity contribution in [1.29, 1.82) is 0 Å². The van der Waals surface area contributed by atoms with Crippen molar-refractivity contribution in [3.05, 3.63) is 271 Å². The number of allylic oxidation sites excluding steroid dienone is 3. The van der Waals surface area contributed by atoms with Crippen LogP contribution in [0.4, 0.5) is 0 Å². The Kier molecular flexibility index (Phi) is 28.7. The number of carbonyl (C=O) groups excluding carboxylic acids is 6. The van der Waals surface area contributed by atoms with Gasteiger partial charge in [-0.2, -0.15) is 0 Å². The van der Waals surface area contributed by atoms with Crippen molar-refractivity contribution in [3.63, 3.8) is 0 Å². The van der Waals surface area contributed by atoms with Crippen LogP contribution in [0.25, 0.3) is 32.7 Å². The first-order chi connectivity index (χ1) is 58.2. The summed E-state index contributed by atoms with van der Waals surface area (Å²) in [6, 6.07) is 30.6. The van der Waals surface area contributed by atoms with E-state index < -0.39 is 89.7 Å². The molecule has 4 aliphatic rings. The van der Waals surface area contributed by atoms with Gasteiger partial charge in [-0.05, 0) is 162 Å². The van der Waals surface area contributed by atoms with E-state index in [9.17, 15) is 83.7 Å². The summed E-state index contributed by atoms with van der Waals surface area (Å²) < 4.78 is 84.8. The monoisotopic (exact) mass is 1850 g/mol. The molecule has 6 amide bonds. The minimum Gasteiger partial charge on any atom is -0.480 e. The molecule has 38 heteroatoms. The van der Waals surface area contributed by atoms with Crippen LogP contribution in [0, 0.1) is 0 Å². The topological polar surface area (TPSA) is 426 Å². The molecule has 1 aliphatic carbocycles. The molecule has 10 aromatic rings. The summed E-state index contributed by atoms with van der Waals surface area (Å²) in [5, 5.41) is 40.6. The second-order valence-electron chi connectivity index (χ2n) is 29.8. The number of hydrogen-bond acceptors (Lipinski definition) is 18. The smallest absolute Gasteiger partial charge is 0.326 e. The number of nitrogens with one attached hydrogen (secondary N) is 5. The molecule has 8 N–H and O–H groups in total. The van der Waals surface area contributed by atoms with E-state index in [0.717, 1.165) is 40.3 Å². The minimum atomic E-state index is -3.46. The molecule has 4 atom stereocenters. The number of aliphatic carboxylic acids is 3. The van der Waals surface area contributed by atoms with Crippen LogP contribution in [-0.4, -0.2) is 177 Å². The van der Waals surface area contributed by atoms with Crippen LogP contribution in [0.3, 0.4) is 0 Å². The predicted molar refractivity (Wildman–Crippen MR) is 464 cm³/mol. The summed E-state index contributed by atoms with van der Waals surface area (Å²) in [6.45, 7) is 3.43. The third-order valence-electron chi connectivity index (χ3n) is 21.0. The number of rotatable bonds is 25. The van der Waals surface area contributed by atoms with E-state index in [0.29, 0.717) is 117 Å². The number of carboxylic acid groups (broad SMARTS) is 3. The second-order valence-corrected chi connectivity index (χ2v) is 37.9. The summed E-state index contributed by atoms with van der Waals surface area (Å²) >= 11 is 39.3. The highest BCUT2D eigenvalue weighted by Gasteiger charge is 2.36. The highest BCUT2D eigenvalue weighted by atomic mass is 35.5. The van der Waals surface area contributed by atoms with Crippen molar-refractivity contribution >= 4 is 186 Å². The van der Waals surface area contributed by atoms with Gasteiger partial charge >= 0.3 is 17.9 Å². The molecule has 14 rings (SSSR count). The largest absolute Gasteiger partial charge is 0.480 e. The van der Waals surface area contributed by atoms with Crippen LogP contribution in [0.15, 0.2) is 172 Å². The molecule has 0 saturated heterocycles. The van der Waals surface area contributed by atoms with Crippen molar-refractivity contribution in [2.24, 2.45) is 0 Å². The maximum Gasteiger partial charge on any atom is 0.326 e. The Morgan fingerprint density at radius 3 is 1.40 bits per heavy atom. The Bertz CT molecular complexity index is 6400. The molecule has 3 aliphatic heterocycles. The molecule has 6 heterocycles. The number of pyridine rings is 1. The predicted octanol–water partition coefficient (Wildman–Crippen LogP) is 13.0. The number of fused-ring (bicyclic) bond motifs is 6. The van der Waals surface area contributed by atoms with Crippen molar-refractivity contribution < 1.29 is 92.6 Å². The number of benzene rings is 7. The van der Waals surface area contributed by atoms with Crippen LogP contribution >= 0.6 is 69.6 Å². The van der Waals surface area contributed by atoms with Gasteiger partial charge < -0.3 is 54.8 Å². The van der Waals surface area contributed by atoms with Crippen molar-refractivity contribution in [1.82, 2.24) is 45.1 Å². The average molecular weight is 1860 g/mol. The quantitative estimate of drug-likeness (QED) is 0.0246. The van der Waals surface area contributed by atoms with Crippen molar-refractivity contribution in [2.45, 2.75) is 102 Å². The number of nitrogens with zero attached hydrogens (tertiary/aromatic N) is 4. The number of halogens is 6. The van der Waals surface area contributed by atoms with Gasteiger partial charge in [0.25, 0.3) is 35.4 Å². The fourth-order valence-corrected chi connectivity index (χ4v) is 19.1. The lowest BCUT2D eigenvalue weighted by Gasteiger charge is -2.30. The van der Waals surface area contributed by atoms with Crippen LogP contribution in [0.5, 0.6) is 0 Å². The Hall–Kier alpha value is -10.8. The zero-order chi connectivity index (χ0) is 88.8. The number of sulfone groups is 1. The van der Waals surface area contributed by atoms with Crippen LogP contribution in [0.1, 0.15) is 145 Å². The van der Waals surface area contributed by atoms with E-state index in [1.807, 2.05) is 48.5 Å². The van der Waals surface area contributed by atoms with Gasteiger partial charge in [0.05, 0.1) is 71.9 Å². The molecule has 7 aromatic carbocycles. The van der Waals surface area contributed by atoms with Gasteiger partial charge in [-0.3, -0.25) is 33.8 Å². The maximum absolute atomic E-state index is 13.4. The fourth-order valence-electron chi connectivity index (χ4n) is 14.7. The molecule has 644 valence electrons. The maximum atomic E-state index is 13.4. The lowest BCUT2D eigenvalue weighted by Crippen LogP contribution is -2.42. The second kappa shape index (κ2) is 38.6. The minimum absolute atomic E-state index is 0.00929. The third-order valence-corrected chi connectivity index (χ3v) is 25.9. The molecule has 0 spiro atoms. The van der Waals surface area contributed by atoms with E-state index in [-0.39, 0.29) is 128 Å². The average Bonchev–Trinajstić information content (AvgIpc) is 1.45. The van der Waals surface area contributed by atoms with E-state index in [1.165, 1.54) is 6.08 Å². The SMILES string of the molecule is CC(NS(C)(=O)=O)c1cccc(C[C@H](NC(=O)c2c(Cl)cc3c(c2Cl)CCN(C(=O)c2ccc4ccoc4c2)C3)C(=O)O)c1.CS(=O)(=O)C1=CC=C(C[C@H](NC(=O)c2c(Cl)cc3c(c2Cl)CCN(C(=O)c2cc4ccccc4cn2)C3)C(=O)O)C1.CS(=O)(=O)NCCC[C@H](NC(=O)c1c(Cl)cc2c(c1Cl)CCN(C(=O)c1ccc3ccoc3c1)C2)C(=O)O. The number of furan rings is 2. The Morgan fingerprint density at radius 1 is 0.496 bits per heavy atom. The molecule has 0 saturated carbocycles. The number of hydrogen-bond donors (Lipinski definition) is 8. The van der Waals surface area contributed by atoms with E-state index in [4.69, 9.17) is 78.4 Å². The van der Waals surface area contributed by atoms with Gasteiger partial charge in [0.1, 0.15) is 35.0 Å². The summed E-state index contributed by atoms with van der Waals surface area (Å²) in [5.41, 5.74) is 8.20. The number of amides is 6. The first-order valence-electron chi connectivity index (χ1n) is 38.0. The summed E-state index contributed by atoms with van der Waals surface area (Å²) in [5.74, 6) is -6.69. The van der Waals surface area contributed by atoms with Crippen LogP contribution < -0.4 is 25.4 Å². The Labute approximate surface area is 735 Å². The lowest BCUT2D eigenvalue weighted by molar-refractivity contribution is -0.140. The Morgan fingerprint density at radius 2 is 0.951 bits per heavy atom. The zero-order valence-electron chi connectivity index (χ0n) is 65.9. The summed E-state index contributed by atoms with van der Waals surface area (Å²) in [6.07, 6.45) is 12.1. The molecule has 0 radical (unpaired) electrons. The number of carboxylic acids is 3. The molecular formula is C85H79Cl6N9O20S3. The van der Waals surface area contributed by atoms with E-state index in [2.05, 4.69) is 30.4 Å². The number of carbonyl (C=O) groups is 9. The molecular weight excluding hydrogens is 1780 g/mol. The van der Waals surface area contributed by atoms with Crippen LogP contribution in [0.2, 0.25) is 30.1 Å². The van der Waals surface area contributed by atoms with Gasteiger partial charge in [0.15, 0.2) is 9.84 Å². The summed E-state index contributed by atoms with van der Waals surface area (Å²) in [7, 11) is -10.3. The lowest BCUT2D eigenvalue weighted by atomic mass is 9.95. The molecule has 3 aromatic heterocycles. The van der Waals surface area contributed by atoms with E-state index in [1.54, 1.807) is 119 Å². The van der Waals surface area contributed by atoms with Crippen molar-refractivity contribution in [3.8, 4) is 0 Å². The van der Waals surface area contributed by atoms with E-state index >= 15 is 0 Å².